The van der Waals surface area contributed by atoms with Gasteiger partial charge in [0.05, 0.1) is 0 Å². The summed E-state index contributed by atoms with van der Waals surface area (Å²) in [5, 5.41) is 0. The van der Waals surface area contributed by atoms with Gasteiger partial charge < -0.3 is 0 Å². The van der Waals surface area contributed by atoms with E-state index in [1.165, 1.54) is 0 Å². The van der Waals surface area contributed by atoms with E-state index in [4.69, 9.17) is 15.4 Å². The van der Waals surface area contributed by atoms with Crippen LogP contribution >= 0.6 is 21.5 Å². The van der Waals surface area contributed by atoms with Crippen molar-refractivity contribution < 1.29 is 4.70 Å². The molecule has 0 radical (unpaired) electrons. The van der Waals surface area contributed by atoms with Crippen molar-refractivity contribution in [2.24, 2.45) is 0 Å². The molecule has 0 aromatic heterocycles. The summed E-state index contributed by atoms with van der Waals surface area (Å²) < 4.78 is 9.00. The van der Waals surface area contributed by atoms with E-state index in [2.05, 4.69) is 0 Å². The van der Waals surface area contributed by atoms with Gasteiger partial charge in [0.1, 0.15) is 0 Å². The van der Waals surface area contributed by atoms with Crippen molar-refractivity contribution in [3.8, 4) is 0 Å². The Morgan fingerprint density at radius 2 is 2.25 bits per heavy atom. The maximum atomic E-state index is 9.00. The van der Waals surface area contributed by atoms with E-state index in [9.17, 15) is 0 Å². The molecule has 0 amide bonds. The van der Waals surface area contributed by atoms with Crippen LogP contribution in [0.2, 0.25) is 0 Å². The van der Waals surface area contributed by atoms with Crippen LogP contribution in [-0.4, -0.2) is 6.43 Å². The predicted molar refractivity (Wildman–Crippen MR) is 19.9 cm³/mol. The summed E-state index contributed by atoms with van der Waals surface area (Å²) >= 11 is 0. The van der Waals surface area contributed by atoms with Crippen molar-refractivity contribution in [1.29, 1.82) is 0 Å². The SMILES string of the molecule is O=BSCl. The zero-order valence-corrected chi connectivity index (χ0v) is 3.34. The van der Waals surface area contributed by atoms with Crippen LogP contribution < -0.4 is 0 Å². The van der Waals surface area contributed by atoms with Gasteiger partial charge in [-0.05, 0) is 0 Å². The van der Waals surface area contributed by atoms with Gasteiger partial charge in [-0.25, -0.2) is 0 Å². The van der Waals surface area contributed by atoms with E-state index >= 15 is 0 Å². The summed E-state index contributed by atoms with van der Waals surface area (Å²) in [5.74, 6) is 0. The molecule has 0 atom stereocenters. The van der Waals surface area contributed by atoms with Crippen molar-refractivity contribution in [3.05, 3.63) is 0 Å². The van der Waals surface area contributed by atoms with Crippen molar-refractivity contribution in [2.45, 2.75) is 0 Å². The Bertz CT molecular complexity index is 22.0. The maximum absolute atomic E-state index is 9.00. The van der Waals surface area contributed by atoms with Gasteiger partial charge >= 0.3 is 32.6 Å². The number of hydrogen-bond donors (Lipinski definition) is 0. The summed E-state index contributed by atoms with van der Waals surface area (Å²) in [6.45, 7) is 0. The molecule has 0 rings (SSSR count). The molecule has 0 fully saturated rings. The predicted octanol–water partition coefficient (Wildman–Crippen LogP) is 0.838. The molecule has 4 heteroatoms. The molecule has 4 heavy (non-hydrogen) atoms. The Hall–Kier alpha value is 0.505. The van der Waals surface area contributed by atoms with Crippen LogP contribution in [0.15, 0.2) is 0 Å². The first-order valence-corrected chi connectivity index (χ1v) is 2.33. The Morgan fingerprint density at radius 3 is 2.25 bits per heavy atom. The van der Waals surface area contributed by atoms with Gasteiger partial charge in [-0.3, -0.25) is 0 Å². The fourth-order valence-electron chi connectivity index (χ4n) is 0. The van der Waals surface area contributed by atoms with E-state index in [0.29, 0.717) is 17.3 Å². The monoisotopic (exact) mass is 93.9 g/mol. The minimum absolute atomic E-state index is 0.557. The molecule has 0 aliphatic heterocycles. The fraction of sp³-hybridized carbons (Fsp3) is 0. The average Bonchev–Trinajstić information content (AvgIpc) is 1.37. The van der Waals surface area contributed by atoms with Gasteiger partial charge in [0, 0.05) is 0 Å². The zero-order valence-electron chi connectivity index (χ0n) is 1.77. The second kappa shape index (κ2) is 3.50. The van der Waals surface area contributed by atoms with Crippen LogP contribution in [-0.2, 0) is 4.70 Å². The summed E-state index contributed by atoms with van der Waals surface area (Å²) in [5.41, 5.74) is 0. The summed E-state index contributed by atoms with van der Waals surface area (Å²) in [4.78, 5) is 0. The molecule has 1 nitrogen and oxygen atoms in total. The van der Waals surface area contributed by atoms with Crippen LogP contribution in [0.5, 0.6) is 0 Å². The summed E-state index contributed by atoms with van der Waals surface area (Å²) in [7, 11) is 5.38. The molecular weight excluding hydrogens is 94.3 g/mol. The van der Waals surface area contributed by atoms with Crippen LogP contribution in [0.3, 0.4) is 0 Å². The van der Waals surface area contributed by atoms with Gasteiger partial charge in [-0.1, -0.05) is 0 Å². The first-order valence-electron chi connectivity index (χ1n) is 0.626. The van der Waals surface area contributed by atoms with Crippen molar-refractivity contribution >= 4 is 27.9 Å². The molecule has 0 aromatic carbocycles. The Labute approximate surface area is 33.4 Å². The molecule has 0 bridgehead atoms. The molecule has 22 valence electrons. The third-order valence-electron chi connectivity index (χ3n) is 0.0364. The fourth-order valence-corrected chi connectivity index (χ4v) is 0. The summed E-state index contributed by atoms with van der Waals surface area (Å²) in [6.07, 6.45) is 0.557. The first kappa shape index (κ1) is 4.50. The molecule has 0 heterocycles. The van der Waals surface area contributed by atoms with E-state index in [-0.39, 0.29) is 0 Å². The minimum atomic E-state index is 0.557. The molecular formula is BClOS. The van der Waals surface area contributed by atoms with Gasteiger partial charge in [-0.2, -0.15) is 0 Å². The number of hydrogen-bond acceptors (Lipinski definition) is 2. The average molecular weight is 94.3 g/mol. The third kappa shape index (κ3) is 2.50. The topological polar surface area (TPSA) is 17.1 Å². The molecule has 0 aliphatic carbocycles. The van der Waals surface area contributed by atoms with Crippen LogP contribution in [0.25, 0.3) is 0 Å². The second-order valence-electron chi connectivity index (χ2n) is 0.185. The quantitative estimate of drug-likeness (QED) is 0.448. The van der Waals surface area contributed by atoms with Gasteiger partial charge in [0.15, 0.2) is 0 Å². The van der Waals surface area contributed by atoms with Crippen molar-refractivity contribution in [2.75, 3.05) is 0 Å². The molecule has 0 spiro atoms. The van der Waals surface area contributed by atoms with Crippen molar-refractivity contribution in [1.82, 2.24) is 0 Å². The Morgan fingerprint density at radius 1 is 2.00 bits per heavy atom. The third-order valence-corrected chi connectivity index (χ3v) is 0.327. The normalized spacial score (nSPS) is 5.25. The standard InChI is InChI=1S/BClOS/c2-4-1-3. The van der Waals surface area contributed by atoms with Gasteiger partial charge in [-0.15, -0.1) is 0 Å². The molecule has 0 unspecified atom stereocenters. The Balaban J connectivity index is 2.30. The second-order valence-corrected chi connectivity index (χ2v) is 1.09. The van der Waals surface area contributed by atoms with E-state index in [1.807, 2.05) is 0 Å². The van der Waals surface area contributed by atoms with Crippen LogP contribution in [0.1, 0.15) is 0 Å². The van der Waals surface area contributed by atoms with Crippen LogP contribution in [0, 0.1) is 0 Å². The number of rotatable bonds is 1. The number of halogens is 1. The molecule has 0 saturated heterocycles. The molecule has 0 aromatic rings. The van der Waals surface area contributed by atoms with Gasteiger partial charge in [0.25, 0.3) is 0 Å². The first-order chi connectivity index (χ1) is 1.91. The van der Waals surface area contributed by atoms with Crippen molar-refractivity contribution in [3.63, 3.8) is 0 Å². The Kier molecular flexibility index (Phi) is 3.95. The van der Waals surface area contributed by atoms with E-state index in [0.717, 1.165) is 0 Å². The van der Waals surface area contributed by atoms with E-state index < -0.39 is 0 Å². The van der Waals surface area contributed by atoms with Crippen LogP contribution in [0.4, 0.5) is 0 Å². The molecule has 0 aliphatic rings. The van der Waals surface area contributed by atoms with Gasteiger partial charge in [0.2, 0.25) is 0 Å². The molecule has 0 N–H and O–H groups in total. The zero-order chi connectivity index (χ0) is 3.41. The molecule has 0 saturated carbocycles. The van der Waals surface area contributed by atoms with E-state index in [1.54, 1.807) is 0 Å². The summed E-state index contributed by atoms with van der Waals surface area (Å²) in [6, 6.07) is 0.